The number of oxazole rings is 1. The normalized spacial score (nSPS) is 18.5. The molecule has 1 aliphatic heterocycles. The lowest BCUT2D eigenvalue weighted by Crippen LogP contribution is -2.40. The van der Waals surface area contributed by atoms with Gasteiger partial charge in [-0.3, -0.25) is 0 Å². The molecule has 2 heterocycles. The molecule has 0 amide bonds. The number of aryl methyl sites for hydroxylation is 1. The minimum Gasteiger partial charge on any atom is -0.440 e. The summed E-state index contributed by atoms with van der Waals surface area (Å²) < 4.78 is 6.12. The number of rotatable bonds is 4. The van der Waals surface area contributed by atoms with Gasteiger partial charge >= 0.3 is 0 Å². The fourth-order valence-electron chi connectivity index (χ4n) is 3.37. The first-order chi connectivity index (χ1) is 9.77. The summed E-state index contributed by atoms with van der Waals surface area (Å²) in [5.41, 5.74) is 3.43. The fourth-order valence-corrected chi connectivity index (χ4v) is 3.37. The van der Waals surface area contributed by atoms with Gasteiger partial charge in [0.15, 0.2) is 5.58 Å². The van der Waals surface area contributed by atoms with Crippen molar-refractivity contribution < 1.29 is 4.42 Å². The minimum atomic E-state index is 0.144. The molecule has 1 aliphatic rings. The van der Waals surface area contributed by atoms with Gasteiger partial charge in [0.1, 0.15) is 5.52 Å². The first-order valence-corrected chi connectivity index (χ1v) is 7.88. The van der Waals surface area contributed by atoms with Gasteiger partial charge in [-0.1, -0.05) is 26.3 Å². The lowest BCUT2D eigenvalue weighted by atomic mass is 9.75. The van der Waals surface area contributed by atoms with Crippen LogP contribution in [0.4, 0.5) is 0 Å². The van der Waals surface area contributed by atoms with Crippen LogP contribution < -0.4 is 5.32 Å². The molecule has 0 radical (unpaired) electrons. The van der Waals surface area contributed by atoms with Crippen LogP contribution >= 0.6 is 0 Å². The molecule has 1 saturated heterocycles. The third kappa shape index (κ3) is 2.35. The van der Waals surface area contributed by atoms with Crippen molar-refractivity contribution in [3.05, 3.63) is 29.7 Å². The van der Waals surface area contributed by atoms with E-state index in [2.05, 4.69) is 37.4 Å². The van der Waals surface area contributed by atoms with E-state index in [0.29, 0.717) is 0 Å². The number of aromatic nitrogens is 1. The van der Waals surface area contributed by atoms with Gasteiger partial charge < -0.3 is 9.73 Å². The Morgan fingerprint density at radius 1 is 1.25 bits per heavy atom. The predicted molar refractivity (Wildman–Crippen MR) is 82.1 cm³/mol. The number of piperidine rings is 1. The Bertz CT molecular complexity index is 576. The molecule has 108 valence electrons. The zero-order valence-electron chi connectivity index (χ0n) is 12.5. The van der Waals surface area contributed by atoms with Crippen LogP contribution in [0.5, 0.6) is 0 Å². The number of hydrogen-bond donors (Lipinski definition) is 1. The van der Waals surface area contributed by atoms with E-state index in [1.165, 1.54) is 18.4 Å². The average molecular weight is 272 g/mol. The van der Waals surface area contributed by atoms with Gasteiger partial charge in [-0.15, -0.1) is 0 Å². The monoisotopic (exact) mass is 272 g/mol. The number of benzene rings is 1. The van der Waals surface area contributed by atoms with Crippen molar-refractivity contribution in [2.24, 2.45) is 0 Å². The lowest BCUT2D eigenvalue weighted by molar-refractivity contribution is 0.234. The van der Waals surface area contributed by atoms with Gasteiger partial charge in [-0.2, -0.15) is 0 Å². The summed E-state index contributed by atoms with van der Waals surface area (Å²) in [5, 5.41) is 3.45. The zero-order valence-corrected chi connectivity index (χ0v) is 12.5. The fraction of sp³-hybridized carbons (Fsp3) is 0.588. The molecule has 20 heavy (non-hydrogen) atoms. The van der Waals surface area contributed by atoms with E-state index in [-0.39, 0.29) is 5.41 Å². The smallest absolute Gasteiger partial charge is 0.201 e. The van der Waals surface area contributed by atoms with E-state index in [1.807, 2.05) is 0 Å². The van der Waals surface area contributed by atoms with Crippen molar-refractivity contribution in [3.8, 4) is 0 Å². The maximum absolute atomic E-state index is 6.12. The van der Waals surface area contributed by atoms with Crippen LogP contribution in [0.2, 0.25) is 0 Å². The molecule has 3 rings (SSSR count). The van der Waals surface area contributed by atoms with E-state index in [9.17, 15) is 0 Å². The molecule has 0 saturated carbocycles. The van der Waals surface area contributed by atoms with E-state index >= 15 is 0 Å². The maximum atomic E-state index is 6.12. The van der Waals surface area contributed by atoms with Crippen molar-refractivity contribution in [1.82, 2.24) is 10.3 Å². The van der Waals surface area contributed by atoms with Crippen LogP contribution in [0, 0.1) is 0 Å². The maximum Gasteiger partial charge on any atom is 0.201 e. The molecule has 3 nitrogen and oxygen atoms in total. The molecule has 2 aromatic rings. The van der Waals surface area contributed by atoms with Crippen molar-refractivity contribution in [3.63, 3.8) is 0 Å². The van der Waals surface area contributed by atoms with Gasteiger partial charge in [0, 0.05) is 5.41 Å². The molecule has 0 unspecified atom stereocenters. The van der Waals surface area contributed by atoms with E-state index < -0.39 is 0 Å². The van der Waals surface area contributed by atoms with Crippen molar-refractivity contribution >= 4 is 11.1 Å². The Balaban J connectivity index is 2.02. The standard InChI is InChI=1S/C17H24N2O/c1-3-7-17(8-10-18-11-9-17)16-19-14-12-13(4-2)5-6-15(14)20-16/h5-6,12,18H,3-4,7-11H2,1-2H3. The summed E-state index contributed by atoms with van der Waals surface area (Å²) in [6, 6.07) is 6.39. The van der Waals surface area contributed by atoms with Crippen molar-refractivity contribution in [1.29, 1.82) is 0 Å². The van der Waals surface area contributed by atoms with Crippen LogP contribution in [-0.4, -0.2) is 18.1 Å². The summed E-state index contributed by atoms with van der Waals surface area (Å²) in [4.78, 5) is 4.84. The summed E-state index contributed by atoms with van der Waals surface area (Å²) in [7, 11) is 0. The Morgan fingerprint density at radius 3 is 2.75 bits per heavy atom. The Labute approximate surface area is 120 Å². The zero-order chi connectivity index (χ0) is 14.0. The van der Waals surface area contributed by atoms with Crippen LogP contribution in [0.1, 0.15) is 51.0 Å². The molecule has 0 spiro atoms. The second kappa shape index (κ2) is 5.57. The van der Waals surface area contributed by atoms with Crippen LogP contribution in [0.25, 0.3) is 11.1 Å². The quantitative estimate of drug-likeness (QED) is 0.919. The number of nitrogens with one attached hydrogen (secondary N) is 1. The Morgan fingerprint density at radius 2 is 2.05 bits per heavy atom. The molecule has 3 heteroatoms. The molecule has 0 atom stereocenters. The lowest BCUT2D eigenvalue weighted by Gasteiger charge is -2.34. The van der Waals surface area contributed by atoms with Gasteiger partial charge in [0.25, 0.3) is 0 Å². The summed E-state index contributed by atoms with van der Waals surface area (Å²) in [6.07, 6.45) is 5.66. The molecule has 1 fully saturated rings. The number of hydrogen-bond acceptors (Lipinski definition) is 3. The summed E-state index contributed by atoms with van der Waals surface area (Å²) in [6.45, 7) is 6.56. The molecule has 1 N–H and O–H groups in total. The number of nitrogens with zero attached hydrogens (tertiary/aromatic N) is 1. The first-order valence-electron chi connectivity index (χ1n) is 7.88. The van der Waals surface area contributed by atoms with E-state index in [0.717, 1.165) is 49.3 Å². The highest BCUT2D eigenvalue weighted by Gasteiger charge is 2.37. The highest BCUT2D eigenvalue weighted by atomic mass is 16.3. The first kappa shape index (κ1) is 13.6. The average Bonchev–Trinajstić information content (AvgIpc) is 2.92. The molecular weight excluding hydrogens is 248 g/mol. The van der Waals surface area contributed by atoms with Crippen molar-refractivity contribution in [2.75, 3.05) is 13.1 Å². The van der Waals surface area contributed by atoms with Crippen LogP contribution in [-0.2, 0) is 11.8 Å². The van der Waals surface area contributed by atoms with Gasteiger partial charge in [0.05, 0.1) is 0 Å². The predicted octanol–water partition coefficient (Wildman–Crippen LogP) is 3.81. The second-order valence-electron chi connectivity index (χ2n) is 5.95. The summed E-state index contributed by atoms with van der Waals surface area (Å²) >= 11 is 0. The Hall–Kier alpha value is -1.35. The third-order valence-electron chi connectivity index (χ3n) is 4.60. The van der Waals surface area contributed by atoms with Crippen LogP contribution in [0.15, 0.2) is 22.6 Å². The van der Waals surface area contributed by atoms with E-state index in [1.54, 1.807) is 0 Å². The second-order valence-corrected chi connectivity index (χ2v) is 5.95. The topological polar surface area (TPSA) is 38.1 Å². The molecule has 0 aliphatic carbocycles. The summed E-state index contributed by atoms with van der Waals surface area (Å²) in [5.74, 6) is 0.962. The van der Waals surface area contributed by atoms with E-state index in [4.69, 9.17) is 9.40 Å². The van der Waals surface area contributed by atoms with Crippen LogP contribution in [0.3, 0.4) is 0 Å². The largest absolute Gasteiger partial charge is 0.440 e. The Kier molecular flexibility index (Phi) is 3.79. The molecular formula is C17H24N2O. The van der Waals surface area contributed by atoms with Gasteiger partial charge in [-0.05, 0) is 56.5 Å². The molecule has 1 aromatic carbocycles. The van der Waals surface area contributed by atoms with Gasteiger partial charge in [0.2, 0.25) is 5.89 Å². The highest BCUT2D eigenvalue weighted by molar-refractivity contribution is 5.73. The molecule has 0 bridgehead atoms. The van der Waals surface area contributed by atoms with Crippen molar-refractivity contribution in [2.45, 2.75) is 51.4 Å². The third-order valence-corrected chi connectivity index (χ3v) is 4.60. The molecule has 1 aromatic heterocycles. The SMILES string of the molecule is CCCC1(c2nc3cc(CC)ccc3o2)CCNCC1. The highest BCUT2D eigenvalue weighted by Crippen LogP contribution is 2.38. The minimum absolute atomic E-state index is 0.144. The van der Waals surface area contributed by atoms with Gasteiger partial charge in [-0.25, -0.2) is 4.98 Å². The number of fused-ring (bicyclic) bond motifs is 1.